The first kappa shape index (κ1) is 10.9. The van der Waals surface area contributed by atoms with Gasteiger partial charge in [0.1, 0.15) is 5.82 Å². The van der Waals surface area contributed by atoms with Gasteiger partial charge < -0.3 is 10.6 Å². The molecule has 1 fully saturated rings. The van der Waals surface area contributed by atoms with Gasteiger partial charge >= 0.3 is 0 Å². The summed E-state index contributed by atoms with van der Waals surface area (Å²) in [4.78, 5) is 6.77. The third-order valence-electron chi connectivity index (χ3n) is 2.74. The van der Waals surface area contributed by atoms with Crippen molar-refractivity contribution < 1.29 is 0 Å². The van der Waals surface area contributed by atoms with E-state index >= 15 is 0 Å². The zero-order valence-corrected chi connectivity index (χ0v) is 10.4. The highest BCUT2D eigenvalue weighted by molar-refractivity contribution is 9.10. The lowest BCUT2D eigenvalue weighted by Crippen LogP contribution is -2.40. The van der Waals surface area contributed by atoms with E-state index in [0.29, 0.717) is 18.6 Å². The molecule has 1 aliphatic rings. The molecular formula is C11H16BrN3. The Morgan fingerprint density at radius 1 is 1.67 bits per heavy atom. The maximum atomic E-state index is 5.74. The van der Waals surface area contributed by atoms with Crippen molar-refractivity contribution in [3.8, 4) is 0 Å². The number of rotatable bonds is 4. The quantitative estimate of drug-likeness (QED) is 0.911. The van der Waals surface area contributed by atoms with Crippen LogP contribution in [0.5, 0.6) is 0 Å². The van der Waals surface area contributed by atoms with Crippen LogP contribution in [-0.4, -0.2) is 23.6 Å². The molecule has 4 heteroatoms. The Balaban J connectivity index is 2.28. The van der Waals surface area contributed by atoms with Crippen LogP contribution >= 0.6 is 15.9 Å². The number of nitrogens with two attached hydrogens (primary N) is 1. The van der Waals surface area contributed by atoms with Crippen LogP contribution in [0.4, 0.5) is 5.82 Å². The zero-order valence-electron chi connectivity index (χ0n) is 8.86. The van der Waals surface area contributed by atoms with Gasteiger partial charge in [0, 0.05) is 24.8 Å². The molecule has 0 spiro atoms. The Bertz CT molecular complexity index is 338. The Labute approximate surface area is 98.8 Å². The highest BCUT2D eigenvalue weighted by Crippen LogP contribution is 2.35. The van der Waals surface area contributed by atoms with Crippen LogP contribution in [0.25, 0.3) is 0 Å². The fourth-order valence-corrected chi connectivity index (χ4v) is 2.23. The molecule has 82 valence electrons. The normalized spacial score (nSPS) is 17.5. The topological polar surface area (TPSA) is 42.1 Å². The maximum Gasteiger partial charge on any atom is 0.143 e. The molecule has 0 amide bonds. The number of hydrogen-bond donors (Lipinski definition) is 1. The molecule has 1 atom stereocenters. The van der Waals surface area contributed by atoms with E-state index in [2.05, 4.69) is 32.7 Å². The van der Waals surface area contributed by atoms with Gasteiger partial charge in [-0.15, -0.1) is 0 Å². The standard InChI is InChI=1S/C11H16BrN3/c1-8(7-13)15(9-4-5-9)11-10(12)3-2-6-14-11/h2-3,6,8-9H,4-5,7,13H2,1H3. The van der Waals surface area contributed by atoms with Crippen molar-refractivity contribution in [3.05, 3.63) is 22.8 Å². The minimum absolute atomic E-state index is 0.351. The number of nitrogens with zero attached hydrogens (tertiary/aromatic N) is 2. The van der Waals surface area contributed by atoms with Crippen LogP contribution in [-0.2, 0) is 0 Å². The number of hydrogen-bond acceptors (Lipinski definition) is 3. The molecule has 0 aliphatic heterocycles. The molecule has 0 saturated heterocycles. The predicted octanol–water partition coefficient (Wildman–Crippen LogP) is 2.16. The van der Waals surface area contributed by atoms with Gasteiger partial charge in [0.25, 0.3) is 0 Å². The zero-order chi connectivity index (χ0) is 10.8. The third-order valence-corrected chi connectivity index (χ3v) is 3.36. The van der Waals surface area contributed by atoms with Crippen LogP contribution in [0.15, 0.2) is 22.8 Å². The van der Waals surface area contributed by atoms with Gasteiger partial charge in [0.05, 0.1) is 4.47 Å². The summed E-state index contributed by atoms with van der Waals surface area (Å²) in [6, 6.07) is 4.95. The summed E-state index contributed by atoms with van der Waals surface area (Å²) >= 11 is 3.55. The average molecular weight is 270 g/mol. The summed E-state index contributed by atoms with van der Waals surface area (Å²) in [6.07, 6.45) is 4.35. The second-order valence-electron chi connectivity index (χ2n) is 4.03. The summed E-state index contributed by atoms with van der Waals surface area (Å²) < 4.78 is 1.05. The van der Waals surface area contributed by atoms with E-state index in [4.69, 9.17) is 5.73 Å². The van der Waals surface area contributed by atoms with Crippen molar-refractivity contribution in [2.45, 2.75) is 31.8 Å². The van der Waals surface area contributed by atoms with Crippen LogP contribution in [0.3, 0.4) is 0 Å². The second kappa shape index (κ2) is 4.49. The second-order valence-corrected chi connectivity index (χ2v) is 4.89. The lowest BCUT2D eigenvalue weighted by Gasteiger charge is -2.30. The molecule has 1 unspecified atom stereocenters. The molecule has 1 heterocycles. The lowest BCUT2D eigenvalue weighted by atomic mass is 10.2. The molecule has 0 radical (unpaired) electrons. The Hall–Kier alpha value is -0.610. The Morgan fingerprint density at radius 2 is 2.40 bits per heavy atom. The van der Waals surface area contributed by atoms with Crippen LogP contribution in [0.1, 0.15) is 19.8 Å². The van der Waals surface area contributed by atoms with Crippen LogP contribution in [0, 0.1) is 0 Å². The van der Waals surface area contributed by atoms with Gasteiger partial charge in [-0.1, -0.05) is 0 Å². The summed E-state index contributed by atoms with van der Waals surface area (Å²) in [5.74, 6) is 1.03. The number of pyridine rings is 1. The fraction of sp³-hybridized carbons (Fsp3) is 0.545. The van der Waals surface area contributed by atoms with E-state index in [1.807, 2.05) is 18.3 Å². The van der Waals surface area contributed by atoms with Crippen molar-refractivity contribution in [1.82, 2.24) is 4.98 Å². The third kappa shape index (κ3) is 2.32. The van der Waals surface area contributed by atoms with Crippen LogP contribution in [0.2, 0.25) is 0 Å². The predicted molar refractivity (Wildman–Crippen MR) is 66.0 cm³/mol. The van der Waals surface area contributed by atoms with Crippen LogP contribution < -0.4 is 10.6 Å². The van der Waals surface area contributed by atoms with Crippen molar-refractivity contribution in [2.24, 2.45) is 5.73 Å². The fourth-order valence-electron chi connectivity index (χ4n) is 1.78. The smallest absolute Gasteiger partial charge is 0.143 e. The van der Waals surface area contributed by atoms with E-state index in [9.17, 15) is 0 Å². The minimum atomic E-state index is 0.351. The molecule has 3 nitrogen and oxygen atoms in total. The lowest BCUT2D eigenvalue weighted by molar-refractivity contribution is 0.628. The summed E-state index contributed by atoms with van der Waals surface area (Å²) in [5.41, 5.74) is 5.74. The summed E-state index contributed by atoms with van der Waals surface area (Å²) in [7, 11) is 0. The Morgan fingerprint density at radius 3 is 2.93 bits per heavy atom. The van der Waals surface area contributed by atoms with E-state index in [-0.39, 0.29) is 0 Å². The SMILES string of the molecule is CC(CN)N(c1ncccc1Br)C1CC1. The van der Waals surface area contributed by atoms with Crippen molar-refractivity contribution in [1.29, 1.82) is 0 Å². The monoisotopic (exact) mass is 269 g/mol. The number of halogens is 1. The van der Waals surface area contributed by atoms with Gasteiger partial charge in [-0.25, -0.2) is 4.98 Å². The van der Waals surface area contributed by atoms with Gasteiger partial charge in [0.15, 0.2) is 0 Å². The molecule has 1 aromatic heterocycles. The van der Waals surface area contributed by atoms with Gasteiger partial charge in [-0.05, 0) is 47.8 Å². The van der Waals surface area contributed by atoms with Crippen molar-refractivity contribution in [2.75, 3.05) is 11.4 Å². The first-order valence-electron chi connectivity index (χ1n) is 5.33. The molecule has 2 rings (SSSR count). The highest BCUT2D eigenvalue weighted by Gasteiger charge is 2.33. The summed E-state index contributed by atoms with van der Waals surface area (Å²) in [5, 5.41) is 0. The van der Waals surface area contributed by atoms with E-state index in [0.717, 1.165) is 10.3 Å². The molecule has 0 bridgehead atoms. The highest BCUT2D eigenvalue weighted by atomic mass is 79.9. The first-order valence-corrected chi connectivity index (χ1v) is 6.12. The molecule has 1 aliphatic carbocycles. The molecule has 1 aromatic rings. The first-order chi connectivity index (χ1) is 7.24. The van der Waals surface area contributed by atoms with E-state index in [1.165, 1.54) is 12.8 Å². The van der Waals surface area contributed by atoms with Gasteiger partial charge in [0.2, 0.25) is 0 Å². The molecule has 2 N–H and O–H groups in total. The summed E-state index contributed by atoms with van der Waals surface area (Å²) in [6.45, 7) is 2.82. The number of anilines is 1. The van der Waals surface area contributed by atoms with Crippen molar-refractivity contribution >= 4 is 21.7 Å². The molecular weight excluding hydrogens is 254 g/mol. The molecule has 0 aromatic carbocycles. The minimum Gasteiger partial charge on any atom is -0.349 e. The Kier molecular flexibility index (Phi) is 3.26. The number of aromatic nitrogens is 1. The van der Waals surface area contributed by atoms with Gasteiger partial charge in [-0.2, -0.15) is 0 Å². The van der Waals surface area contributed by atoms with E-state index in [1.54, 1.807) is 0 Å². The molecule has 1 saturated carbocycles. The average Bonchev–Trinajstić information content (AvgIpc) is 3.05. The molecule has 15 heavy (non-hydrogen) atoms. The largest absolute Gasteiger partial charge is 0.349 e. The van der Waals surface area contributed by atoms with Crippen molar-refractivity contribution in [3.63, 3.8) is 0 Å². The maximum absolute atomic E-state index is 5.74. The van der Waals surface area contributed by atoms with E-state index < -0.39 is 0 Å². The van der Waals surface area contributed by atoms with Gasteiger partial charge in [-0.3, -0.25) is 0 Å².